The third kappa shape index (κ3) is 4.22. The second kappa shape index (κ2) is 7.72. The van der Waals surface area contributed by atoms with Crippen LogP contribution in [-0.2, 0) is 14.8 Å². The molecule has 0 saturated carbocycles. The van der Waals surface area contributed by atoms with E-state index >= 15 is 0 Å². The predicted octanol–water partition coefficient (Wildman–Crippen LogP) is -0.659. The first-order valence-corrected chi connectivity index (χ1v) is 10.1. The maximum atomic E-state index is 12.4. The van der Waals surface area contributed by atoms with Crippen LogP contribution in [0.2, 0.25) is 0 Å². The minimum atomic E-state index is -3.87. The van der Waals surface area contributed by atoms with E-state index in [0.717, 1.165) is 32.7 Å². The third-order valence-corrected chi connectivity index (χ3v) is 6.44. The number of sulfonamides is 1. The lowest BCUT2D eigenvalue weighted by atomic mass is 10.1. The smallest absolute Gasteiger partial charge is 0.241 e. The van der Waals surface area contributed by atoms with E-state index in [0.29, 0.717) is 6.54 Å². The highest BCUT2D eigenvalue weighted by molar-refractivity contribution is 7.89. The minimum Gasteiger partial charge on any atom is -0.353 e. The van der Waals surface area contributed by atoms with Crippen LogP contribution in [0.1, 0.15) is 12.5 Å². The van der Waals surface area contributed by atoms with Crippen LogP contribution < -0.4 is 10.0 Å². The summed E-state index contributed by atoms with van der Waals surface area (Å²) in [5.41, 5.74) is 0.251. The molecule has 4 rings (SSSR count). The summed E-state index contributed by atoms with van der Waals surface area (Å²) >= 11 is 0. The topological polar surface area (TPSA) is 106 Å². The fourth-order valence-electron chi connectivity index (χ4n) is 3.38. The first kappa shape index (κ1) is 18.8. The van der Waals surface area contributed by atoms with Gasteiger partial charge in [0.05, 0.1) is 22.6 Å². The fraction of sp³-hybridized carbons (Fsp3) is 0.529. The Morgan fingerprint density at radius 2 is 2.08 bits per heavy atom. The molecular weight excluding hydrogens is 354 g/mol. The lowest BCUT2D eigenvalue weighted by molar-refractivity contribution is -0.122. The number of carbonyl (C=O) groups excluding carboxylic acids is 1. The zero-order valence-corrected chi connectivity index (χ0v) is 15.5. The monoisotopic (exact) mass is 377 g/mol. The number of hydrogen-bond acceptors (Lipinski definition) is 6. The summed E-state index contributed by atoms with van der Waals surface area (Å²) in [6.07, 6.45) is 0. The SMILES string of the molecule is CC(NS(=O)(=O)c1cccc(C#N)c1)C(=O)NCC1CN2CCN1CC2. The molecule has 3 aliphatic rings. The standard InChI is InChI=1S/C17H23N5O3S/c1-13(20-26(24,25)16-4-2-3-14(9-16)10-18)17(23)19-11-15-12-21-5-7-22(15)8-6-21/h2-4,9,13,15,20H,5-8,11-12H2,1H3,(H,19,23). The maximum Gasteiger partial charge on any atom is 0.241 e. The molecule has 9 heteroatoms. The Labute approximate surface area is 153 Å². The van der Waals surface area contributed by atoms with Gasteiger partial charge in [0, 0.05) is 45.3 Å². The van der Waals surface area contributed by atoms with E-state index in [2.05, 4.69) is 19.8 Å². The molecule has 0 spiro atoms. The number of nitrogens with one attached hydrogen (secondary N) is 2. The molecule has 3 heterocycles. The number of amides is 1. The van der Waals surface area contributed by atoms with Crippen LogP contribution in [0.4, 0.5) is 0 Å². The Kier molecular flexibility index (Phi) is 5.58. The minimum absolute atomic E-state index is 0.0281. The Bertz CT molecular complexity index is 812. The summed E-state index contributed by atoms with van der Waals surface area (Å²) in [7, 11) is -3.87. The molecule has 140 valence electrons. The van der Waals surface area contributed by atoms with Gasteiger partial charge in [-0.15, -0.1) is 0 Å². The summed E-state index contributed by atoms with van der Waals surface area (Å²) in [6.45, 7) is 7.12. The number of nitrogens with zero attached hydrogens (tertiary/aromatic N) is 3. The summed E-state index contributed by atoms with van der Waals surface area (Å²) in [5.74, 6) is -0.359. The van der Waals surface area contributed by atoms with Crippen LogP contribution in [0.3, 0.4) is 0 Å². The quantitative estimate of drug-likeness (QED) is 0.682. The molecule has 1 aromatic carbocycles. The molecule has 3 aliphatic heterocycles. The summed E-state index contributed by atoms with van der Waals surface area (Å²) in [6, 6.07) is 6.99. The molecule has 1 amide bonds. The van der Waals surface area contributed by atoms with Crippen LogP contribution in [0.5, 0.6) is 0 Å². The van der Waals surface area contributed by atoms with Gasteiger partial charge in [-0.2, -0.15) is 9.98 Å². The van der Waals surface area contributed by atoms with E-state index in [1.807, 2.05) is 6.07 Å². The normalized spacial score (nSPS) is 26.1. The highest BCUT2D eigenvalue weighted by atomic mass is 32.2. The molecule has 2 N–H and O–H groups in total. The largest absolute Gasteiger partial charge is 0.353 e. The number of benzene rings is 1. The number of hydrogen-bond donors (Lipinski definition) is 2. The van der Waals surface area contributed by atoms with Gasteiger partial charge in [-0.25, -0.2) is 8.42 Å². The van der Waals surface area contributed by atoms with Gasteiger partial charge in [-0.1, -0.05) is 6.07 Å². The summed E-state index contributed by atoms with van der Waals surface area (Å²) in [4.78, 5) is 17.0. The van der Waals surface area contributed by atoms with Gasteiger partial charge in [-0.3, -0.25) is 14.6 Å². The molecule has 0 aromatic heterocycles. The Hall–Kier alpha value is -1.99. The molecular formula is C17H23N5O3S. The molecule has 3 fully saturated rings. The van der Waals surface area contributed by atoms with Crippen molar-refractivity contribution < 1.29 is 13.2 Å². The van der Waals surface area contributed by atoms with E-state index in [1.165, 1.54) is 31.2 Å². The number of nitriles is 1. The predicted molar refractivity (Wildman–Crippen MR) is 95.8 cm³/mol. The van der Waals surface area contributed by atoms with Gasteiger partial charge in [0.25, 0.3) is 0 Å². The van der Waals surface area contributed by atoms with Crippen molar-refractivity contribution in [3.63, 3.8) is 0 Å². The molecule has 2 unspecified atom stereocenters. The lowest BCUT2D eigenvalue weighted by Crippen LogP contribution is -2.64. The van der Waals surface area contributed by atoms with Crippen molar-refractivity contribution in [2.75, 3.05) is 39.3 Å². The van der Waals surface area contributed by atoms with Crippen molar-refractivity contribution in [2.24, 2.45) is 0 Å². The molecule has 2 bridgehead atoms. The van der Waals surface area contributed by atoms with E-state index in [4.69, 9.17) is 5.26 Å². The van der Waals surface area contributed by atoms with Gasteiger partial charge in [-0.05, 0) is 25.1 Å². The average Bonchev–Trinajstić information content (AvgIpc) is 2.66. The Morgan fingerprint density at radius 1 is 1.35 bits per heavy atom. The Balaban J connectivity index is 1.55. The molecule has 3 saturated heterocycles. The lowest BCUT2D eigenvalue weighted by Gasteiger charge is -2.47. The number of carbonyl (C=O) groups is 1. The molecule has 0 aliphatic carbocycles. The van der Waals surface area contributed by atoms with Crippen molar-refractivity contribution in [3.05, 3.63) is 29.8 Å². The van der Waals surface area contributed by atoms with Crippen molar-refractivity contribution in [1.29, 1.82) is 5.26 Å². The first-order chi connectivity index (χ1) is 12.4. The van der Waals surface area contributed by atoms with E-state index in [-0.39, 0.29) is 22.4 Å². The summed E-state index contributed by atoms with van der Waals surface area (Å²) in [5, 5.41) is 11.7. The first-order valence-electron chi connectivity index (χ1n) is 8.65. The molecule has 8 nitrogen and oxygen atoms in total. The van der Waals surface area contributed by atoms with Crippen LogP contribution in [0.15, 0.2) is 29.2 Å². The molecule has 26 heavy (non-hydrogen) atoms. The third-order valence-electron chi connectivity index (χ3n) is 4.90. The number of rotatable bonds is 6. The van der Waals surface area contributed by atoms with Crippen molar-refractivity contribution >= 4 is 15.9 Å². The van der Waals surface area contributed by atoms with Crippen molar-refractivity contribution in [3.8, 4) is 6.07 Å². The van der Waals surface area contributed by atoms with Gasteiger partial charge in [0.2, 0.25) is 15.9 Å². The van der Waals surface area contributed by atoms with Gasteiger partial charge in [0.1, 0.15) is 0 Å². The Morgan fingerprint density at radius 3 is 2.69 bits per heavy atom. The van der Waals surface area contributed by atoms with E-state index in [1.54, 1.807) is 0 Å². The average molecular weight is 377 g/mol. The fourth-order valence-corrected chi connectivity index (χ4v) is 4.63. The number of fused-ring (bicyclic) bond motifs is 3. The number of piperazine rings is 3. The van der Waals surface area contributed by atoms with E-state index < -0.39 is 16.1 Å². The summed E-state index contributed by atoms with van der Waals surface area (Å²) < 4.78 is 27.2. The van der Waals surface area contributed by atoms with Gasteiger partial charge < -0.3 is 5.32 Å². The zero-order chi connectivity index (χ0) is 18.7. The molecule has 2 atom stereocenters. The maximum absolute atomic E-state index is 12.4. The van der Waals surface area contributed by atoms with E-state index in [9.17, 15) is 13.2 Å². The van der Waals surface area contributed by atoms with Crippen LogP contribution in [0, 0.1) is 11.3 Å². The second-order valence-corrected chi connectivity index (χ2v) is 8.43. The van der Waals surface area contributed by atoms with Gasteiger partial charge >= 0.3 is 0 Å². The molecule has 0 radical (unpaired) electrons. The van der Waals surface area contributed by atoms with Gasteiger partial charge in [0.15, 0.2) is 0 Å². The second-order valence-electron chi connectivity index (χ2n) is 6.72. The highest BCUT2D eigenvalue weighted by Crippen LogP contribution is 2.15. The van der Waals surface area contributed by atoms with Crippen LogP contribution in [0.25, 0.3) is 0 Å². The van der Waals surface area contributed by atoms with Crippen molar-refractivity contribution in [1.82, 2.24) is 19.8 Å². The van der Waals surface area contributed by atoms with Crippen LogP contribution >= 0.6 is 0 Å². The van der Waals surface area contributed by atoms with Crippen LogP contribution in [-0.4, -0.2) is 75.5 Å². The zero-order valence-electron chi connectivity index (χ0n) is 14.7. The molecule has 1 aromatic rings. The highest BCUT2D eigenvalue weighted by Gasteiger charge is 2.32. The van der Waals surface area contributed by atoms with Crippen molar-refractivity contribution in [2.45, 2.75) is 23.9 Å².